The molecule has 30 heavy (non-hydrogen) atoms. The Morgan fingerprint density at radius 1 is 0.967 bits per heavy atom. The van der Waals surface area contributed by atoms with E-state index in [4.69, 9.17) is 16.3 Å². The van der Waals surface area contributed by atoms with Gasteiger partial charge in [0, 0.05) is 19.3 Å². The van der Waals surface area contributed by atoms with Crippen LogP contribution in [0.5, 0.6) is 5.75 Å². The molecular formula is C22H21ClN2O4S. The molecule has 6 nitrogen and oxygen atoms in total. The van der Waals surface area contributed by atoms with E-state index in [0.29, 0.717) is 16.5 Å². The number of amides is 1. The molecule has 3 rings (SSSR count). The molecule has 0 heterocycles. The molecule has 0 atom stereocenters. The van der Waals surface area contributed by atoms with Crippen LogP contribution in [0.25, 0.3) is 0 Å². The van der Waals surface area contributed by atoms with Gasteiger partial charge >= 0.3 is 0 Å². The third-order valence-electron chi connectivity index (χ3n) is 4.29. The van der Waals surface area contributed by atoms with Gasteiger partial charge in [0.2, 0.25) is 10.0 Å². The lowest BCUT2D eigenvalue weighted by Crippen LogP contribution is -2.26. The number of rotatable bonds is 8. The molecule has 1 amide bonds. The Morgan fingerprint density at radius 2 is 1.60 bits per heavy atom. The van der Waals surface area contributed by atoms with Crippen molar-refractivity contribution < 1.29 is 17.9 Å². The summed E-state index contributed by atoms with van der Waals surface area (Å²) in [4.78, 5) is 12.2. The molecule has 1 N–H and O–H groups in total. The van der Waals surface area contributed by atoms with Gasteiger partial charge in [0.25, 0.3) is 5.91 Å². The predicted molar refractivity (Wildman–Crippen MR) is 117 cm³/mol. The molecule has 0 spiro atoms. The van der Waals surface area contributed by atoms with Crippen molar-refractivity contribution in [2.75, 3.05) is 19.0 Å². The van der Waals surface area contributed by atoms with E-state index < -0.39 is 10.0 Å². The highest BCUT2D eigenvalue weighted by molar-refractivity contribution is 7.89. The van der Waals surface area contributed by atoms with Crippen LogP contribution in [-0.4, -0.2) is 32.3 Å². The lowest BCUT2D eigenvalue weighted by atomic mass is 10.2. The molecule has 0 fully saturated rings. The third kappa shape index (κ3) is 5.60. The zero-order valence-electron chi connectivity index (χ0n) is 16.3. The second-order valence-corrected chi connectivity index (χ2v) is 8.99. The summed E-state index contributed by atoms with van der Waals surface area (Å²) in [6, 6.07) is 22.2. The summed E-state index contributed by atoms with van der Waals surface area (Å²) in [5.74, 6) is 0.0314. The largest absolute Gasteiger partial charge is 0.482 e. The first kappa shape index (κ1) is 21.8. The molecule has 0 aromatic heterocycles. The van der Waals surface area contributed by atoms with Crippen molar-refractivity contribution in [2.45, 2.75) is 11.4 Å². The molecule has 3 aromatic carbocycles. The van der Waals surface area contributed by atoms with Crippen molar-refractivity contribution in [3.8, 4) is 5.75 Å². The fraction of sp³-hybridized carbons (Fsp3) is 0.136. The lowest BCUT2D eigenvalue weighted by Gasteiger charge is -2.17. The van der Waals surface area contributed by atoms with E-state index in [0.717, 1.165) is 5.56 Å². The highest BCUT2D eigenvalue weighted by Gasteiger charge is 2.21. The number of benzene rings is 3. The van der Waals surface area contributed by atoms with Gasteiger partial charge in [-0.15, -0.1) is 0 Å². The number of carbonyl (C=O) groups excluding carboxylic acids is 1. The Balaban J connectivity index is 1.59. The van der Waals surface area contributed by atoms with Crippen LogP contribution in [-0.2, 0) is 21.4 Å². The quantitative estimate of drug-likeness (QED) is 0.565. The predicted octanol–water partition coefficient (Wildman–Crippen LogP) is 4.18. The monoisotopic (exact) mass is 444 g/mol. The minimum absolute atomic E-state index is 0.145. The first-order chi connectivity index (χ1) is 14.4. The van der Waals surface area contributed by atoms with E-state index >= 15 is 0 Å². The molecule has 156 valence electrons. The fourth-order valence-corrected chi connectivity index (χ4v) is 4.07. The fourth-order valence-electron chi connectivity index (χ4n) is 2.72. The van der Waals surface area contributed by atoms with Crippen LogP contribution in [0, 0.1) is 0 Å². The van der Waals surface area contributed by atoms with Crippen molar-refractivity contribution in [1.82, 2.24) is 4.31 Å². The van der Waals surface area contributed by atoms with Gasteiger partial charge in [-0.2, -0.15) is 4.31 Å². The molecule has 0 aliphatic carbocycles. The Kier molecular flexibility index (Phi) is 7.10. The maximum Gasteiger partial charge on any atom is 0.262 e. The van der Waals surface area contributed by atoms with E-state index in [9.17, 15) is 13.2 Å². The van der Waals surface area contributed by atoms with E-state index in [-0.39, 0.29) is 24.0 Å². The van der Waals surface area contributed by atoms with Gasteiger partial charge in [-0.3, -0.25) is 4.79 Å². The molecule has 0 unspecified atom stereocenters. The summed E-state index contributed by atoms with van der Waals surface area (Å²) in [5, 5.41) is 3.08. The van der Waals surface area contributed by atoms with Crippen molar-refractivity contribution in [2.24, 2.45) is 0 Å². The lowest BCUT2D eigenvalue weighted by molar-refractivity contribution is -0.118. The number of hydrogen-bond donors (Lipinski definition) is 1. The standard InChI is InChI=1S/C22H21ClN2O4S/c1-25(15-17-7-3-2-4-8-17)30(27,28)19-13-11-18(12-14-19)24-22(26)16-29-21-10-6-5-9-20(21)23/h2-14H,15-16H2,1H3,(H,24,26). The van der Waals surface area contributed by atoms with Crippen molar-refractivity contribution in [3.63, 3.8) is 0 Å². The van der Waals surface area contributed by atoms with E-state index in [1.54, 1.807) is 24.3 Å². The minimum Gasteiger partial charge on any atom is -0.482 e. The van der Waals surface area contributed by atoms with Crippen molar-refractivity contribution in [1.29, 1.82) is 0 Å². The molecule has 8 heteroatoms. The van der Waals surface area contributed by atoms with Gasteiger partial charge in [-0.05, 0) is 42.0 Å². The second-order valence-electron chi connectivity index (χ2n) is 6.54. The van der Waals surface area contributed by atoms with Crippen LogP contribution in [0.2, 0.25) is 5.02 Å². The normalized spacial score (nSPS) is 11.3. The van der Waals surface area contributed by atoms with E-state index in [1.807, 2.05) is 30.3 Å². The van der Waals surface area contributed by atoms with Gasteiger partial charge in [0.1, 0.15) is 5.75 Å². The van der Waals surface area contributed by atoms with Gasteiger partial charge in [0.15, 0.2) is 6.61 Å². The van der Waals surface area contributed by atoms with Crippen LogP contribution in [0.4, 0.5) is 5.69 Å². The molecule has 0 aliphatic heterocycles. The zero-order chi connectivity index (χ0) is 21.6. The average molecular weight is 445 g/mol. The van der Waals surface area contributed by atoms with Gasteiger partial charge < -0.3 is 10.1 Å². The molecule has 0 bridgehead atoms. The number of carbonyl (C=O) groups is 1. The average Bonchev–Trinajstić information content (AvgIpc) is 2.74. The summed E-state index contributed by atoms with van der Waals surface area (Å²) in [6.07, 6.45) is 0. The molecule has 3 aromatic rings. The maximum absolute atomic E-state index is 12.8. The Bertz CT molecular complexity index is 1100. The number of sulfonamides is 1. The number of halogens is 1. The summed E-state index contributed by atoms with van der Waals surface area (Å²) in [5.41, 5.74) is 1.36. The van der Waals surface area contributed by atoms with Crippen LogP contribution >= 0.6 is 11.6 Å². The summed E-state index contributed by atoms with van der Waals surface area (Å²) in [6.45, 7) is 0.0463. The Hall–Kier alpha value is -2.87. The molecule has 0 aliphatic rings. The van der Waals surface area contributed by atoms with Crippen LogP contribution in [0.3, 0.4) is 0 Å². The first-order valence-electron chi connectivity index (χ1n) is 9.14. The summed E-state index contributed by atoms with van der Waals surface area (Å²) < 4.78 is 32.2. The first-order valence-corrected chi connectivity index (χ1v) is 11.0. The van der Waals surface area contributed by atoms with E-state index in [1.165, 1.54) is 35.6 Å². The van der Waals surface area contributed by atoms with Crippen molar-refractivity contribution in [3.05, 3.63) is 89.4 Å². The number of hydrogen-bond acceptors (Lipinski definition) is 4. The van der Waals surface area contributed by atoms with Gasteiger partial charge in [-0.1, -0.05) is 54.1 Å². The van der Waals surface area contributed by atoms with Gasteiger partial charge in [-0.25, -0.2) is 8.42 Å². The smallest absolute Gasteiger partial charge is 0.262 e. The molecule has 0 saturated heterocycles. The maximum atomic E-state index is 12.8. The minimum atomic E-state index is -3.65. The number of anilines is 1. The van der Waals surface area contributed by atoms with Crippen LogP contribution in [0.1, 0.15) is 5.56 Å². The van der Waals surface area contributed by atoms with Crippen LogP contribution < -0.4 is 10.1 Å². The second kappa shape index (κ2) is 9.75. The number of nitrogens with one attached hydrogen (secondary N) is 1. The van der Waals surface area contributed by atoms with Crippen molar-refractivity contribution >= 4 is 33.2 Å². The number of para-hydroxylation sites is 1. The Labute approximate surface area is 181 Å². The highest BCUT2D eigenvalue weighted by atomic mass is 35.5. The summed E-state index contributed by atoms with van der Waals surface area (Å²) >= 11 is 5.99. The topological polar surface area (TPSA) is 75.7 Å². The zero-order valence-corrected chi connectivity index (χ0v) is 17.9. The van der Waals surface area contributed by atoms with E-state index in [2.05, 4.69) is 5.32 Å². The van der Waals surface area contributed by atoms with Gasteiger partial charge in [0.05, 0.1) is 9.92 Å². The summed E-state index contributed by atoms with van der Waals surface area (Å²) in [7, 11) is -2.12. The SMILES string of the molecule is CN(Cc1ccccc1)S(=O)(=O)c1ccc(NC(=O)COc2ccccc2Cl)cc1. The molecule has 0 radical (unpaired) electrons. The molecular weight excluding hydrogens is 424 g/mol. The third-order valence-corrected chi connectivity index (χ3v) is 6.42. The Morgan fingerprint density at radius 3 is 2.27 bits per heavy atom. The highest BCUT2D eigenvalue weighted by Crippen LogP contribution is 2.23. The number of nitrogens with zero attached hydrogens (tertiary/aromatic N) is 1. The number of ether oxygens (including phenoxy) is 1. The molecule has 0 saturated carbocycles. The van der Waals surface area contributed by atoms with Crippen LogP contribution in [0.15, 0.2) is 83.8 Å².